The topological polar surface area (TPSA) is 0 Å². The molecule has 0 saturated heterocycles. The Balaban J connectivity index is 3.01. The highest BCUT2D eigenvalue weighted by molar-refractivity contribution is 9.09. The molecule has 0 aromatic heterocycles. The van der Waals surface area contributed by atoms with Crippen LogP contribution in [0.5, 0.6) is 0 Å². The molecule has 0 atom stereocenters. The quantitative estimate of drug-likeness (QED) is 0.692. The monoisotopic (exact) mass is 272 g/mol. The highest BCUT2D eigenvalue weighted by Gasteiger charge is 1.96. The molecule has 0 radical (unpaired) electrons. The minimum absolute atomic E-state index is 0.807. The lowest BCUT2D eigenvalue weighted by atomic mass is 10.1. The number of halogens is 2. The van der Waals surface area contributed by atoms with Gasteiger partial charge in [0.05, 0.1) is 0 Å². The van der Waals surface area contributed by atoms with Crippen LogP contribution in [0.25, 0.3) is 6.08 Å². The molecular weight excluding hydrogens is 259 g/mol. The summed E-state index contributed by atoms with van der Waals surface area (Å²) in [6, 6.07) is 6.11. The van der Waals surface area contributed by atoms with Gasteiger partial charge in [-0.1, -0.05) is 52.2 Å². The summed E-state index contributed by atoms with van der Waals surface area (Å²) in [5.74, 6) is 0. The van der Waals surface area contributed by atoms with E-state index in [9.17, 15) is 0 Å². The minimum Gasteiger partial charge on any atom is -0.0880 e. The molecule has 0 fully saturated rings. The van der Waals surface area contributed by atoms with Crippen molar-refractivity contribution in [3.05, 3.63) is 39.9 Å². The molecule has 0 saturated carbocycles. The first-order valence-corrected chi connectivity index (χ1v) is 6.18. The maximum absolute atomic E-state index is 5.98. The van der Waals surface area contributed by atoms with E-state index < -0.39 is 0 Å². The molecule has 76 valence electrons. The minimum atomic E-state index is 0.807. The summed E-state index contributed by atoms with van der Waals surface area (Å²) in [7, 11) is 0. The third-order valence-corrected chi connectivity index (χ3v) is 3.00. The molecule has 0 nitrogen and oxygen atoms in total. The van der Waals surface area contributed by atoms with E-state index in [2.05, 4.69) is 41.9 Å². The van der Waals surface area contributed by atoms with Gasteiger partial charge in [0.1, 0.15) is 0 Å². The summed E-state index contributed by atoms with van der Waals surface area (Å²) in [6.45, 7) is 4.22. The summed E-state index contributed by atoms with van der Waals surface area (Å²) in [5, 5.41) is 1.73. The zero-order valence-electron chi connectivity index (χ0n) is 8.48. The molecular formula is C12H14BrCl. The molecule has 0 aliphatic rings. The van der Waals surface area contributed by atoms with E-state index in [1.807, 2.05) is 12.1 Å². The molecule has 0 N–H and O–H groups in total. The van der Waals surface area contributed by atoms with Gasteiger partial charge in [0.15, 0.2) is 0 Å². The Bertz CT molecular complexity index is 316. The number of rotatable bonds is 3. The largest absolute Gasteiger partial charge is 0.0880 e. The normalized spacial score (nSPS) is 11.9. The average Bonchev–Trinajstić information content (AvgIpc) is 2.12. The Kier molecular flexibility index (Phi) is 4.70. The van der Waals surface area contributed by atoms with Crippen molar-refractivity contribution in [3.8, 4) is 0 Å². The van der Waals surface area contributed by atoms with E-state index >= 15 is 0 Å². The Labute approximate surface area is 99.1 Å². The van der Waals surface area contributed by atoms with Crippen molar-refractivity contribution in [1.82, 2.24) is 0 Å². The Morgan fingerprint density at radius 1 is 1.43 bits per heavy atom. The van der Waals surface area contributed by atoms with Gasteiger partial charge in [-0.3, -0.25) is 0 Å². The molecule has 0 unspecified atom stereocenters. The molecule has 0 aliphatic heterocycles. The maximum atomic E-state index is 5.98. The van der Waals surface area contributed by atoms with Gasteiger partial charge in [-0.05, 0) is 36.6 Å². The van der Waals surface area contributed by atoms with Gasteiger partial charge in [-0.2, -0.15) is 0 Å². The molecule has 1 aromatic rings. The molecule has 0 amide bonds. The van der Waals surface area contributed by atoms with Crippen LogP contribution in [0.1, 0.15) is 24.5 Å². The van der Waals surface area contributed by atoms with Crippen molar-refractivity contribution in [3.63, 3.8) is 0 Å². The van der Waals surface area contributed by atoms with Crippen LogP contribution in [-0.4, -0.2) is 5.33 Å². The SMILES string of the molecule is CC/C(=C/c1cc(C)cc(Cl)c1)CBr. The Morgan fingerprint density at radius 3 is 2.64 bits per heavy atom. The van der Waals surface area contributed by atoms with Crippen molar-refractivity contribution in [1.29, 1.82) is 0 Å². The fourth-order valence-electron chi connectivity index (χ4n) is 1.32. The van der Waals surface area contributed by atoms with Crippen molar-refractivity contribution in [2.24, 2.45) is 0 Å². The van der Waals surface area contributed by atoms with Crippen LogP contribution in [0.4, 0.5) is 0 Å². The van der Waals surface area contributed by atoms with E-state index in [1.54, 1.807) is 0 Å². The number of hydrogen-bond donors (Lipinski definition) is 0. The van der Waals surface area contributed by atoms with Crippen LogP contribution in [-0.2, 0) is 0 Å². The average molecular weight is 274 g/mol. The predicted molar refractivity (Wildman–Crippen MR) is 68.3 cm³/mol. The van der Waals surface area contributed by atoms with Crippen LogP contribution in [0, 0.1) is 6.92 Å². The molecule has 0 heterocycles. The first-order chi connectivity index (χ1) is 6.65. The standard InChI is InChI=1S/C12H14BrCl/c1-3-10(8-13)6-11-4-9(2)5-12(14)7-11/h4-7H,3,8H2,1-2H3/b10-6-. The van der Waals surface area contributed by atoms with Crippen molar-refractivity contribution >= 4 is 33.6 Å². The van der Waals surface area contributed by atoms with Gasteiger partial charge in [0.25, 0.3) is 0 Å². The van der Waals surface area contributed by atoms with Crippen molar-refractivity contribution in [2.75, 3.05) is 5.33 Å². The highest BCUT2D eigenvalue weighted by Crippen LogP contribution is 2.18. The first-order valence-electron chi connectivity index (χ1n) is 4.68. The third kappa shape index (κ3) is 3.47. The lowest BCUT2D eigenvalue weighted by molar-refractivity contribution is 1.12. The fraction of sp³-hybridized carbons (Fsp3) is 0.333. The number of benzene rings is 1. The van der Waals surface area contributed by atoms with E-state index in [0.29, 0.717) is 0 Å². The second-order valence-electron chi connectivity index (χ2n) is 3.35. The van der Waals surface area contributed by atoms with E-state index in [-0.39, 0.29) is 0 Å². The second-order valence-corrected chi connectivity index (χ2v) is 4.35. The van der Waals surface area contributed by atoms with Crippen LogP contribution >= 0.6 is 27.5 Å². The van der Waals surface area contributed by atoms with Crippen LogP contribution in [0.3, 0.4) is 0 Å². The fourth-order valence-corrected chi connectivity index (χ4v) is 2.18. The Morgan fingerprint density at radius 2 is 2.14 bits per heavy atom. The molecule has 14 heavy (non-hydrogen) atoms. The van der Waals surface area contributed by atoms with Crippen LogP contribution < -0.4 is 0 Å². The Hall–Kier alpha value is -0.270. The number of aryl methyl sites for hydroxylation is 1. The summed E-state index contributed by atoms with van der Waals surface area (Å²) in [5.41, 5.74) is 3.77. The van der Waals surface area contributed by atoms with Gasteiger partial charge in [0.2, 0.25) is 0 Å². The van der Waals surface area contributed by atoms with Gasteiger partial charge in [-0.15, -0.1) is 0 Å². The lowest BCUT2D eigenvalue weighted by Crippen LogP contribution is -1.83. The third-order valence-electron chi connectivity index (χ3n) is 2.06. The van der Waals surface area contributed by atoms with Crippen LogP contribution in [0.15, 0.2) is 23.8 Å². The lowest BCUT2D eigenvalue weighted by Gasteiger charge is -2.02. The second kappa shape index (κ2) is 5.57. The number of hydrogen-bond acceptors (Lipinski definition) is 0. The van der Waals surface area contributed by atoms with E-state index in [0.717, 1.165) is 16.8 Å². The van der Waals surface area contributed by atoms with Gasteiger partial charge < -0.3 is 0 Å². The molecule has 2 heteroatoms. The maximum Gasteiger partial charge on any atom is 0.0414 e. The van der Waals surface area contributed by atoms with E-state index in [1.165, 1.54) is 16.7 Å². The molecule has 0 aliphatic carbocycles. The van der Waals surface area contributed by atoms with E-state index in [4.69, 9.17) is 11.6 Å². The summed E-state index contributed by atoms with van der Waals surface area (Å²) < 4.78 is 0. The zero-order valence-corrected chi connectivity index (χ0v) is 10.8. The zero-order chi connectivity index (χ0) is 10.6. The predicted octanol–water partition coefficient (Wildman–Crippen LogP) is 4.84. The first kappa shape index (κ1) is 11.8. The molecule has 0 spiro atoms. The summed E-state index contributed by atoms with van der Waals surface area (Å²) in [6.07, 6.45) is 3.25. The molecule has 1 aromatic carbocycles. The number of allylic oxidation sites excluding steroid dienone is 1. The van der Waals surface area contributed by atoms with Gasteiger partial charge >= 0.3 is 0 Å². The van der Waals surface area contributed by atoms with Crippen molar-refractivity contribution < 1.29 is 0 Å². The molecule has 0 bridgehead atoms. The smallest absolute Gasteiger partial charge is 0.0414 e. The highest BCUT2D eigenvalue weighted by atomic mass is 79.9. The van der Waals surface area contributed by atoms with Crippen molar-refractivity contribution in [2.45, 2.75) is 20.3 Å². The summed E-state index contributed by atoms with van der Waals surface area (Å²) >= 11 is 9.45. The van der Waals surface area contributed by atoms with Gasteiger partial charge in [0, 0.05) is 10.4 Å². The summed E-state index contributed by atoms with van der Waals surface area (Å²) in [4.78, 5) is 0. The van der Waals surface area contributed by atoms with Crippen LogP contribution in [0.2, 0.25) is 5.02 Å². The number of alkyl halides is 1. The van der Waals surface area contributed by atoms with Gasteiger partial charge in [-0.25, -0.2) is 0 Å². The molecule has 1 rings (SSSR count).